The molecule has 0 aliphatic carbocycles. The van der Waals surface area contributed by atoms with Gasteiger partial charge < -0.3 is 25.6 Å². The lowest BCUT2D eigenvalue weighted by molar-refractivity contribution is 0.0944. The summed E-state index contributed by atoms with van der Waals surface area (Å²) in [5, 5.41) is 8.21. The summed E-state index contributed by atoms with van der Waals surface area (Å²) in [6.45, 7) is 5.45. The quantitative estimate of drug-likeness (QED) is 0.430. The molecular weight excluding hydrogens is 447 g/mol. The van der Waals surface area contributed by atoms with Crippen LogP contribution in [0.4, 0.5) is 26.2 Å². The Bertz CT molecular complexity index is 967. The van der Waals surface area contributed by atoms with Crippen molar-refractivity contribution in [1.82, 2.24) is 5.32 Å². The summed E-state index contributed by atoms with van der Waals surface area (Å²) in [5.41, 5.74) is 2.20. The third kappa shape index (κ3) is 7.33. The predicted octanol–water partition coefficient (Wildman–Crippen LogP) is 5.27. The highest BCUT2D eigenvalue weighted by Gasteiger charge is 2.19. The van der Waals surface area contributed by atoms with Gasteiger partial charge in [-0.2, -0.15) is 0 Å². The van der Waals surface area contributed by atoms with Gasteiger partial charge in [0.1, 0.15) is 5.82 Å². The van der Waals surface area contributed by atoms with E-state index < -0.39 is 11.8 Å². The molecule has 3 rings (SSSR count). The molecule has 1 aliphatic rings. The molecule has 1 aliphatic heterocycles. The van der Waals surface area contributed by atoms with Crippen molar-refractivity contribution in [2.75, 3.05) is 48.4 Å². The van der Waals surface area contributed by atoms with E-state index in [1.54, 1.807) is 12.1 Å². The fourth-order valence-electron chi connectivity index (χ4n) is 3.69. The SMILES string of the molecule is CCOCCCNC(=O)c1cc(NC(=O)Nc2ccc(F)c(Cl)c2)ccc1N1CCCCC1. The molecule has 7 nitrogen and oxygen atoms in total. The number of nitrogens with zero attached hydrogens (tertiary/aromatic N) is 1. The van der Waals surface area contributed by atoms with E-state index in [0.717, 1.165) is 38.0 Å². The fraction of sp³-hybridized carbons (Fsp3) is 0.417. The summed E-state index contributed by atoms with van der Waals surface area (Å²) in [6, 6.07) is 8.72. The van der Waals surface area contributed by atoms with E-state index in [9.17, 15) is 14.0 Å². The van der Waals surface area contributed by atoms with Crippen LogP contribution in [-0.2, 0) is 4.74 Å². The van der Waals surface area contributed by atoms with Crippen molar-refractivity contribution in [3.8, 4) is 0 Å². The number of piperidine rings is 1. The number of urea groups is 1. The topological polar surface area (TPSA) is 82.7 Å². The Labute approximate surface area is 198 Å². The van der Waals surface area contributed by atoms with Crippen LogP contribution in [0.1, 0.15) is 43.0 Å². The van der Waals surface area contributed by atoms with E-state index >= 15 is 0 Å². The highest BCUT2D eigenvalue weighted by atomic mass is 35.5. The minimum absolute atomic E-state index is 0.0815. The lowest BCUT2D eigenvalue weighted by Crippen LogP contribution is -2.33. The first-order chi connectivity index (χ1) is 16.0. The molecule has 2 aromatic rings. The van der Waals surface area contributed by atoms with Gasteiger partial charge in [-0.3, -0.25) is 4.79 Å². The molecule has 3 amide bonds. The van der Waals surface area contributed by atoms with Gasteiger partial charge in [-0.15, -0.1) is 0 Å². The molecule has 33 heavy (non-hydrogen) atoms. The van der Waals surface area contributed by atoms with Gasteiger partial charge in [0.25, 0.3) is 5.91 Å². The van der Waals surface area contributed by atoms with Crippen molar-refractivity contribution >= 4 is 40.6 Å². The first kappa shape index (κ1) is 24.8. The van der Waals surface area contributed by atoms with E-state index in [1.165, 1.54) is 24.6 Å². The molecule has 178 valence electrons. The van der Waals surface area contributed by atoms with Gasteiger partial charge in [-0.25, -0.2) is 9.18 Å². The highest BCUT2D eigenvalue weighted by Crippen LogP contribution is 2.27. The molecule has 2 aromatic carbocycles. The minimum Gasteiger partial charge on any atom is -0.382 e. The largest absolute Gasteiger partial charge is 0.382 e. The van der Waals surface area contributed by atoms with Crippen LogP contribution in [0.5, 0.6) is 0 Å². The third-order valence-electron chi connectivity index (χ3n) is 5.33. The lowest BCUT2D eigenvalue weighted by Gasteiger charge is -2.30. The predicted molar refractivity (Wildman–Crippen MR) is 130 cm³/mol. The normalized spacial score (nSPS) is 13.5. The first-order valence-corrected chi connectivity index (χ1v) is 11.6. The number of anilines is 3. The van der Waals surface area contributed by atoms with Crippen LogP contribution in [-0.4, -0.2) is 44.8 Å². The number of hydrogen-bond donors (Lipinski definition) is 3. The van der Waals surface area contributed by atoms with Gasteiger partial charge in [-0.1, -0.05) is 11.6 Å². The van der Waals surface area contributed by atoms with Crippen LogP contribution < -0.4 is 20.9 Å². The Hall–Kier alpha value is -2.84. The molecule has 0 atom stereocenters. The Balaban J connectivity index is 1.72. The number of carbonyl (C=O) groups excluding carboxylic acids is 2. The number of halogens is 2. The van der Waals surface area contributed by atoms with Crippen LogP contribution in [0.3, 0.4) is 0 Å². The standard InChI is InChI=1S/C24H30ClFN4O3/c1-2-33-14-6-11-27-23(31)19-15-17(8-10-22(19)30-12-4-3-5-13-30)28-24(32)29-18-7-9-21(26)20(25)16-18/h7-10,15-16H,2-6,11-14H2,1H3,(H,27,31)(H2,28,29,32). The second kappa shape index (κ2) is 12.4. The summed E-state index contributed by atoms with van der Waals surface area (Å²) < 4.78 is 18.7. The number of nitrogens with one attached hydrogen (secondary N) is 3. The van der Waals surface area contributed by atoms with Crippen LogP contribution in [0, 0.1) is 5.82 Å². The molecule has 0 radical (unpaired) electrons. The van der Waals surface area contributed by atoms with Crippen LogP contribution in [0.15, 0.2) is 36.4 Å². The molecule has 1 fully saturated rings. The number of ether oxygens (including phenoxy) is 1. The Morgan fingerprint density at radius 1 is 1.06 bits per heavy atom. The van der Waals surface area contributed by atoms with Gasteiger partial charge in [0.15, 0.2) is 0 Å². The van der Waals surface area contributed by atoms with E-state index in [4.69, 9.17) is 16.3 Å². The molecule has 0 saturated carbocycles. The van der Waals surface area contributed by atoms with Crippen LogP contribution in [0.25, 0.3) is 0 Å². The molecule has 0 aromatic heterocycles. The minimum atomic E-state index is -0.562. The summed E-state index contributed by atoms with van der Waals surface area (Å²) in [4.78, 5) is 27.6. The number of amides is 3. The monoisotopic (exact) mass is 476 g/mol. The summed E-state index contributed by atoms with van der Waals surface area (Å²) in [7, 11) is 0. The van der Waals surface area contributed by atoms with Crippen molar-refractivity contribution < 1.29 is 18.7 Å². The second-order valence-electron chi connectivity index (χ2n) is 7.79. The first-order valence-electron chi connectivity index (χ1n) is 11.3. The Morgan fingerprint density at radius 2 is 1.76 bits per heavy atom. The smallest absolute Gasteiger partial charge is 0.323 e. The number of carbonyl (C=O) groups is 2. The zero-order valence-electron chi connectivity index (χ0n) is 18.8. The third-order valence-corrected chi connectivity index (χ3v) is 5.62. The van der Waals surface area contributed by atoms with E-state index in [2.05, 4.69) is 20.9 Å². The summed E-state index contributed by atoms with van der Waals surface area (Å²) >= 11 is 5.77. The van der Waals surface area contributed by atoms with Gasteiger partial charge in [0.2, 0.25) is 0 Å². The summed E-state index contributed by atoms with van der Waals surface area (Å²) in [6.07, 6.45) is 4.07. The van der Waals surface area contributed by atoms with Gasteiger partial charge >= 0.3 is 6.03 Å². The van der Waals surface area contributed by atoms with E-state index in [1.807, 2.05) is 13.0 Å². The maximum absolute atomic E-state index is 13.3. The highest BCUT2D eigenvalue weighted by molar-refractivity contribution is 6.31. The van der Waals surface area contributed by atoms with Crippen molar-refractivity contribution in [1.29, 1.82) is 0 Å². The van der Waals surface area contributed by atoms with Crippen molar-refractivity contribution in [3.05, 3.63) is 52.8 Å². The molecule has 1 heterocycles. The summed E-state index contributed by atoms with van der Waals surface area (Å²) in [5.74, 6) is -0.755. The molecule has 0 bridgehead atoms. The molecule has 3 N–H and O–H groups in total. The number of benzene rings is 2. The van der Waals surface area contributed by atoms with E-state index in [0.29, 0.717) is 36.7 Å². The maximum Gasteiger partial charge on any atom is 0.323 e. The zero-order chi connectivity index (χ0) is 23.6. The lowest BCUT2D eigenvalue weighted by atomic mass is 10.1. The molecular formula is C24H30ClFN4O3. The average molecular weight is 477 g/mol. The zero-order valence-corrected chi connectivity index (χ0v) is 19.5. The van der Waals surface area contributed by atoms with Crippen LogP contribution in [0.2, 0.25) is 5.02 Å². The van der Waals surface area contributed by atoms with E-state index in [-0.39, 0.29) is 10.9 Å². The fourth-order valence-corrected chi connectivity index (χ4v) is 3.87. The number of hydrogen-bond acceptors (Lipinski definition) is 4. The van der Waals surface area contributed by atoms with Gasteiger partial charge in [-0.05, 0) is 69.0 Å². The van der Waals surface area contributed by atoms with Crippen molar-refractivity contribution in [3.63, 3.8) is 0 Å². The molecule has 0 spiro atoms. The van der Waals surface area contributed by atoms with Gasteiger partial charge in [0.05, 0.1) is 10.6 Å². The van der Waals surface area contributed by atoms with Crippen molar-refractivity contribution in [2.24, 2.45) is 0 Å². The van der Waals surface area contributed by atoms with Gasteiger partial charge in [0, 0.05) is 49.9 Å². The Morgan fingerprint density at radius 3 is 2.45 bits per heavy atom. The molecule has 9 heteroatoms. The molecule has 0 unspecified atom stereocenters. The number of rotatable bonds is 9. The van der Waals surface area contributed by atoms with Crippen molar-refractivity contribution in [2.45, 2.75) is 32.6 Å². The average Bonchev–Trinajstić information content (AvgIpc) is 2.81. The maximum atomic E-state index is 13.3. The molecule has 1 saturated heterocycles. The van der Waals surface area contributed by atoms with Crippen LogP contribution >= 0.6 is 11.6 Å². The second-order valence-corrected chi connectivity index (χ2v) is 8.20. The Kier molecular flexibility index (Phi) is 9.33.